The van der Waals surface area contributed by atoms with Crippen molar-refractivity contribution in [2.24, 2.45) is 0 Å². The maximum Gasteiger partial charge on any atom is 0.243 e. The number of nitrogens with one attached hydrogen (secondary N) is 1. The van der Waals surface area contributed by atoms with Gasteiger partial charge in [0.2, 0.25) is 15.9 Å². The van der Waals surface area contributed by atoms with E-state index in [0.717, 1.165) is 9.87 Å². The fourth-order valence-electron chi connectivity index (χ4n) is 3.23. The fraction of sp³-hybridized carbons (Fsp3) is 0.208. The molecule has 0 fully saturated rings. The van der Waals surface area contributed by atoms with Crippen molar-refractivity contribution in [3.05, 3.63) is 80.8 Å². The van der Waals surface area contributed by atoms with Crippen molar-refractivity contribution in [2.45, 2.75) is 18.4 Å². The van der Waals surface area contributed by atoms with Gasteiger partial charge in [0.15, 0.2) is 0 Å². The SMILES string of the molecule is COc1cc(NC(=O)CN(Cc2ccc(Cl)cc2Cl)S(=O)(=O)c2ccc(C)cc2)c(OC)cc1Cl. The summed E-state index contributed by atoms with van der Waals surface area (Å²) >= 11 is 18.4. The van der Waals surface area contributed by atoms with E-state index in [-0.39, 0.29) is 27.9 Å². The molecule has 1 amide bonds. The molecule has 0 aliphatic carbocycles. The number of methoxy groups -OCH3 is 2. The normalized spacial score (nSPS) is 11.4. The lowest BCUT2D eigenvalue weighted by Crippen LogP contribution is -2.37. The summed E-state index contributed by atoms with van der Waals surface area (Å²) in [6.07, 6.45) is 0. The van der Waals surface area contributed by atoms with Crippen LogP contribution in [-0.4, -0.2) is 39.4 Å². The Hall–Kier alpha value is -2.49. The van der Waals surface area contributed by atoms with Gasteiger partial charge in [0.05, 0.1) is 36.4 Å². The van der Waals surface area contributed by atoms with E-state index in [1.807, 2.05) is 6.92 Å². The number of hydrogen-bond donors (Lipinski definition) is 1. The molecule has 0 radical (unpaired) electrons. The Morgan fingerprint density at radius 2 is 1.57 bits per heavy atom. The topological polar surface area (TPSA) is 84.9 Å². The van der Waals surface area contributed by atoms with E-state index >= 15 is 0 Å². The average molecular weight is 558 g/mol. The van der Waals surface area contributed by atoms with Crippen LogP contribution in [-0.2, 0) is 21.4 Å². The van der Waals surface area contributed by atoms with Crippen LogP contribution >= 0.6 is 34.8 Å². The molecule has 0 aromatic heterocycles. The Morgan fingerprint density at radius 1 is 0.914 bits per heavy atom. The van der Waals surface area contributed by atoms with E-state index in [9.17, 15) is 13.2 Å². The lowest BCUT2D eigenvalue weighted by Gasteiger charge is -2.23. The second kappa shape index (κ2) is 11.5. The maximum atomic E-state index is 13.5. The highest BCUT2D eigenvalue weighted by Crippen LogP contribution is 2.36. The van der Waals surface area contributed by atoms with E-state index in [1.165, 1.54) is 44.6 Å². The molecule has 0 atom stereocenters. The van der Waals surface area contributed by atoms with Crippen molar-refractivity contribution in [1.29, 1.82) is 0 Å². The van der Waals surface area contributed by atoms with Gasteiger partial charge in [-0.3, -0.25) is 4.79 Å². The highest BCUT2D eigenvalue weighted by Gasteiger charge is 2.28. The number of carbonyl (C=O) groups excluding carboxylic acids is 1. The number of rotatable bonds is 9. The van der Waals surface area contributed by atoms with Crippen LogP contribution in [0.15, 0.2) is 59.5 Å². The van der Waals surface area contributed by atoms with Gasteiger partial charge >= 0.3 is 0 Å². The van der Waals surface area contributed by atoms with Crippen LogP contribution in [0.4, 0.5) is 5.69 Å². The fourth-order valence-corrected chi connectivity index (χ4v) is 5.31. The molecule has 11 heteroatoms. The van der Waals surface area contributed by atoms with Crippen LogP contribution < -0.4 is 14.8 Å². The molecule has 3 rings (SSSR count). The van der Waals surface area contributed by atoms with Gasteiger partial charge in [-0.1, -0.05) is 58.6 Å². The minimum atomic E-state index is -4.06. The van der Waals surface area contributed by atoms with Crippen LogP contribution in [0.1, 0.15) is 11.1 Å². The molecule has 0 bridgehead atoms. The minimum absolute atomic E-state index is 0.0479. The Kier molecular flexibility index (Phi) is 8.90. The standard InChI is InChI=1S/C24H23Cl3N2O5S/c1-15-4-8-18(9-5-15)35(31,32)29(13-16-6-7-17(25)10-19(16)26)14-24(30)28-21-12-22(33-2)20(27)11-23(21)34-3/h4-12H,13-14H2,1-3H3,(H,28,30). The third-order valence-electron chi connectivity index (χ3n) is 5.09. The zero-order chi connectivity index (χ0) is 25.8. The van der Waals surface area contributed by atoms with E-state index in [0.29, 0.717) is 21.4 Å². The summed E-state index contributed by atoms with van der Waals surface area (Å²) in [4.78, 5) is 13.1. The predicted octanol–water partition coefficient (Wildman–Crippen LogP) is 5.80. The largest absolute Gasteiger partial charge is 0.495 e. The first-order chi connectivity index (χ1) is 16.5. The first-order valence-corrected chi connectivity index (χ1v) is 12.8. The van der Waals surface area contributed by atoms with E-state index in [4.69, 9.17) is 44.3 Å². The maximum absolute atomic E-state index is 13.5. The van der Waals surface area contributed by atoms with Crippen LogP contribution in [0.5, 0.6) is 11.5 Å². The number of nitrogens with zero attached hydrogens (tertiary/aromatic N) is 1. The predicted molar refractivity (Wildman–Crippen MR) is 138 cm³/mol. The molecule has 0 saturated carbocycles. The lowest BCUT2D eigenvalue weighted by molar-refractivity contribution is -0.116. The molecule has 0 heterocycles. The van der Waals surface area contributed by atoms with Gasteiger partial charge < -0.3 is 14.8 Å². The zero-order valence-electron chi connectivity index (χ0n) is 19.1. The van der Waals surface area contributed by atoms with Gasteiger partial charge in [-0.25, -0.2) is 8.42 Å². The minimum Gasteiger partial charge on any atom is -0.495 e. The number of amides is 1. The van der Waals surface area contributed by atoms with Crippen LogP contribution in [0.3, 0.4) is 0 Å². The molecule has 3 aromatic rings. The Bertz CT molecular complexity index is 1330. The number of sulfonamides is 1. The highest BCUT2D eigenvalue weighted by atomic mass is 35.5. The number of anilines is 1. The van der Waals surface area contributed by atoms with Gasteiger partial charge in [0.1, 0.15) is 11.5 Å². The van der Waals surface area contributed by atoms with E-state index in [2.05, 4.69) is 5.32 Å². The monoisotopic (exact) mass is 556 g/mol. The Balaban J connectivity index is 1.95. The molecule has 35 heavy (non-hydrogen) atoms. The van der Waals surface area contributed by atoms with Crippen LogP contribution in [0.25, 0.3) is 0 Å². The smallest absolute Gasteiger partial charge is 0.243 e. The highest BCUT2D eigenvalue weighted by molar-refractivity contribution is 7.89. The van der Waals surface area contributed by atoms with Crippen molar-refractivity contribution in [2.75, 3.05) is 26.1 Å². The first kappa shape index (κ1) is 27.1. The number of carbonyl (C=O) groups is 1. The van der Waals surface area contributed by atoms with Crippen molar-refractivity contribution >= 4 is 56.4 Å². The summed E-state index contributed by atoms with van der Waals surface area (Å²) in [6.45, 7) is 1.20. The number of ether oxygens (including phenoxy) is 2. The Labute approximate surface area is 219 Å². The number of hydrogen-bond acceptors (Lipinski definition) is 5. The third kappa shape index (κ3) is 6.59. The lowest BCUT2D eigenvalue weighted by atomic mass is 10.2. The average Bonchev–Trinajstić information content (AvgIpc) is 2.81. The van der Waals surface area contributed by atoms with Gasteiger partial charge in [-0.2, -0.15) is 4.31 Å². The molecule has 186 valence electrons. The summed E-state index contributed by atoms with van der Waals surface area (Å²) in [5.74, 6) is 0.00568. The number of halogens is 3. The summed E-state index contributed by atoms with van der Waals surface area (Å²) in [5, 5.41) is 3.66. The second-order valence-electron chi connectivity index (χ2n) is 7.56. The number of benzene rings is 3. The molecule has 0 unspecified atom stereocenters. The van der Waals surface area contributed by atoms with Crippen LogP contribution in [0, 0.1) is 6.92 Å². The van der Waals surface area contributed by atoms with Crippen LogP contribution in [0.2, 0.25) is 15.1 Å². The molecule has 0 spiro atoms. The quantitative estimate of drug-likeness (QED) is 0.359. The molecule has 0 aliphatic rings. The molecule has 7 nitrogen and oxygen atoms in total. The molecule has 1 N–H and O–H groups in total. The van der Waals surface area contributed by atoms with Crippen molar-refractivity contribution in [3.63, 3.8) is 0 Å². The number of aryl methyl sites for hydroxylation is 1. The second-order valence-corrected chi connectivity index (χ2v) is 10.7. The third-order valence-corrected chi connectivity index (χ3v) is 7.78. The first-order valence-electron chi connectivity index (χ1n) is 10.3. The van der Waals surface area contributed by atoms with Gasteiger partial charge in [-0.05, 0) is 36.8 Å². The van der Waals surface area contributed by atoms with Gasteiger partial charge in [-0.15, -0.1) is 0 Å². The zero-order valence-corrected chi connectivity index (χ0v) is 22.2. The Morgan fingerprint density at radius 3 is 2.17 bits per heavy atom. The van der Waals surface area contributed by atoms with E-state index in [1.54, 1.807) is 24.3 Å². The summed E-state index contributed by atoms with van der Waals surface area (Å²) < 4.78 is 38.5. The van der Waals surface area contributed by atoms with Crippen molar-refractivity contribution < 1.29 is 22.7 Å². The van der Waals surface area contributed by atoms with Crippen molar-refractivity contribution in [1.82, 2.24) is 4.31 Å². The van der Waals surface area contributed by atoms with E-state index < -0.39 is 22.5 Å². The summed E-state index contributed by atoms with van der Waals surface area (Å²) in [5.41, 5.74) is 1.67. The molecule has 0 saturated heterocycles. The van der Waals surface area contributed by atoms with Gasteiger partial charge in [0.25, 0.3) is 0 Å². The summed E-state index contributed by atoms with van der Waals surface area (Å²) in [6, 6.07) is 14.1. The molecular formula is C24H23Cl3N2O5S. The summed E-state index contributed by atoms with van der Waals surface area (Å²) in [7, 11) is -1.21. The van der Waals surface area contributed by atoms with Crippen molar-refractivity contribution in [3.8, 4) is 11.5 Å². The molecule has 0 aliphatic heterocycles. The van der Waals surface area contributed by atoms with Gasteiger partial charge in [0, 0.05) is 28.7 Å². The molecule has 3 aromatic carbocycles. The molecular weight excluding hydrogens is 535 g/mol.